The number of rotatable bonds is 5. The van der Waals surface area contributed by atoms with Crippen LogP contribution in [0.1, 0.15) is 0 Å². The molecule has 2 nitrogen and oxygen atoms in total. The van der Waals surface area contributed by atoms with E-state index in [1.54, 1.807) is 0 Å². The largest absolute Gasteiger partial charge is 0.256 e. The van der Waals surface area contributed by atoms with Crippen LogP contribution in [0.2, 0.25) is 0 Å². The van der Waals surface area contributed by atoms with Gasteiger partial charge in [-0.3, -0.25) is 4.98 Å². The molecule has 0 bridgehead atoms. The summed E-state index contributed by atoms with van der Waals surface area (Å²) in [5, 5.41) is 2.47. The number of nitrogens with zero attached hydrogens (tertiary/aromatic N) is 2. The van der Waals surface area contributed by atoms with E-state index >= 15 is 0 Å². The van der Waals surface area contributed by atoms with Crippen molar-refractivity contribution in [2.24, 2.45) is 0 Å². The highest BCUT2D eigenvalue weighted by molar-refractivity contribution is 5.89. The highest BCUT2D eigenvalue weighted by Gasteiger charge is 2.13. The van der Waals surface area contributed by atoms with Gasteiger partial charge in [-0.1, -0.05) is 103 Å². The molecule has 0 N–H and O–H groups in total. The van der Waals surface area contributed by atoms with E-state index in [1.807, 2.05) is 30.5 Å². The molecule has 188 valence electrons. The molecule has 0 saturated heterocycles. The van der Waals surface area contributed by atoms with Crippen molar-refractivity contribution in [2.45, 2.75) is 0 Å². The Bertz CT molecular complexity index is 1870. The zero-order chi connectivity index (χ0) is 26.7. The summed E-state index contributed by atoms with van der Waals surface area (Å²) in [6.07, 6.45) is 1.85. The fourth-order valence-electron chi connectivity index (χ4n) is 5.22. The number of hydrogen-bond acceptors (Lipinski definition) is 2. The van der Waals surface area contributed by atoms with Crippen molar-refractivity contribution >= 4 is 10.8 Å². The number of benzene rings is 5. The van der Waals surface area contributed by atoms with Crippen LogP contribution in [0, 0.1) is 0 Å². The topological polar surface area (TPSA) is 25.8 Å². The van der Waals surface area contributed by atoms with E-state index in [-0.39, 0.29) is 0 Å². The molecule has 7 aromatic rings. The average molecular weight is 511 g/mol. The van der Waals surface area contributed by atoms with Gasteiger partial charge in [-0.15, -0.1) is 0 Å². The van der Waals surface area contributed by atoms with Crippen LogP contribution >= 0.6 is 0 Å². The van der Waals surface area contributed by atoms with Gasteiger partial charge in [0.05, 0.1) is 17.1 Å². The SMILES string of the molecule is c1ccc(-c2cc(-c3cc(-c4ccc5ccccc5c4)cc(-c4ccccn4)c3)cc(-c3ccccc3)n2)cc1. The third kappa shape index (κ3) is 4.79. The lowest BCUT2D eigenvalue weighted by Gasteiger charge is -2.14. The molecular weight excluding hydrogens is 484 g/mol. The molecule has 0 aliphatic rings. The Morgan fingerprint density at radius 2 is 0.850 bits per heavy atom. The number of fused-ring (bicyclic) bond motifs is 1. The zero-order valence-corrected chi connectivity index (χ0v) is 21.9. The summed E-state index contributed by atoms with van der Waals surface area (Å²) < 4.78 is 0. The molecule has 0 amide bonds. The Kier molecular flexibility index (Phi) is 6.20. The molecule has 0 atom stereocenters. The molecule has 40 heavy (non-hydrogen) atoms. The molecule has 0 aliphatic heterocycles. The first-order valence-electron chi connectivity index (χ1n) is 13.5. The predicted molar refractivity (Wildman–Crippen MR) is 167 cm³/mol. The Morgan fingerprint density at radius 1 is 0.300 bits per heavy atom. The van der Waals surface area contributed by atoms with Crippen LogP contribution in [0.3, 0.4) is 0 Å². The second kappa shape index (κ2) is 10.4. The lowest BCUT2D eigenvalue weighted by molar-refractivity contribution is 1.32. The van der Waals surface area contributed by atoms with Crippen LogP contribution in [0.15, 0.2) is 158 Å². The second-order valence-corrected chi connectivity index (χ2v) is 9.93. The normalized spacial score (nSPS) is 11.0. The predicted octanol–water partition coefficient (Wildman–Crippen LogP) is 9.96. The van der Waals surface area contributed by atoms with Gasteiger partial charge in [0.1, 0.15) is 0 Å². The summed E-state index contributed by atoms with van der Waals surface area (Å²) in [6.45, 7) is 0. The molecule has 0 spiro atoms. The maximum atomic E-state index is 5.08. The molecule has 0 aliphatic carbocycles. The van der Waals surface area contributed by atoms with Gasteiger partial charge in [-0.25, -0.2) is 4.98 Å². The molecule has 2 aromatic heterocycles. The number of aromatic nitrogens is 2. The van der Waals surface area contributed by atoms with Crippen molar-refractivity contribution in [1.82, 2.24) is 9.97 Å². The summed E-state index contributed by atoms with van der Waals surface area (Å²) in [6, 6.07) is 53.2. The Morgan fingerprint density at radius 3 is 1.50 bits per heavy atom. The van der Waals surface area contributed by atoms with Crippen LogP contribution in [0.5, 0.6) is 0 Å². The van der Waals surface area contributed by atoms with Gasteiger partial charge in [0.25, 0.3) is 0 Å². The first kappa shape index (κ1) is 23.8. The fourth-order valence-corrected chi connectivity index (χ4v) is 5.22. The molecule has 0 fully saturated rings. The van der Waals surface area contributed by atoms with Gasteiger partial charge in [0.2, 0.25) is 0 Å². The summed E-state index contributed by atoms with van der Waals surface area (Å²) in [4.78, 5) is 9.77. The minimum Gasteiger partial charge on any atom is -0.256 e. The third-order valence-corrected chi connectivity index (χ3v) is 7.27. The third-order valence-electron chi connectivity index (χ3n) is 7.27. The van der Waals surface area contributed by atoms with E-state index in [0.29, 0.717) is 0 Å². The molecular formula is C38H26N2. The van der Waals surface area contributed by atoms with Gasteiger partial charge in [0, 0.05) is 22.9 Å². The van der Waals surface area contributed by atoms with E-state index in [9.17, 15) is 0 Å². The summed E-state index contributed by atoms with van der Waals surface area (Å²) >= 11 is 0. The summed E-state index contributed by atoms with van der Waals surface area (Å²) in [7, 11) is 0. The lowest BCUT2D eigenvalue weighted by Crippen LogP contribution is -1.92. The first-order chi connectivity index (χ1) is 19.8. The van der Waals surface area contributed by atoms with Crippen molar-refractivity contribution in [2.75, 3.05) is 0 Å². The van der Waals surface area contributed by atoms with Crippen LogP contribution < -0.4 is 0 Å². The molecule has 2 heterocycles. The summed E-state index contributed by atoms with van der Waals surface area (Å²) in [5.74, 6) is 0. The van der Waals surface area contributed by atoms with E-state index in [2.05, 4.69) is 132 Å². The first-order valence-corrected chi connectivity index (χ1v) is 13.5. The van der Waals surface area contributed by atoms with Crippen molar-refractivity contribution in [3.63, 3.8) is 0 Å². The van der Waals surface area contributed by atoms with E-state index in [0.717, 1.165) is 50.5 Å². The minimum absolute atomic E-state index is 0.951. The van der Waals surface area contributed by atoms with E-state index in [4.69, 9.17) is 4.98 Å². The quantitative estimate of drug-likeness (QED) is 0.230. The Labute approximate surface area is 234 Å². The number of hydrogen-bond donors (Lipinski definition) is 0. The van der Waals surface area contributed by atoms with E-state index in [1.165, 1.54) is 16.3 Å². The maximum absolute atomic E-state index is 5.08. The lowest BCUT2D eigenvalue weighted by atomic mass is 9.92. The molecule has 0 unspecified atom stereocenters. The van der Waals surface area contributed by atoms with Crippen LogP contribution in [0.25, 0.3) is 66.8 Å². The summed E-state index contributed by atoms with van der Waals surface area (Å²) in [5.41, 5.74) is 10.7. The Hall–Kier alpha value is -5.34. The minimum atomic E-state index is 0.951. The van der Waals surface area contributed by atoms with Crippen molar-refractivity contribution in [1.29, 1.82) is 0 Å². The maximum Gasteiger partial charge on any atom is 0.0715 e. The van der Waals surface area contributed by atoms with Gasteiger partial charge in [-0.05, 0) is 81.6 Å². The number of pyridine rings is 2. The van der Waals surface area contributed by atoms with Gasteiger partial charge in [0.15, 0.2) is 0 Å². The van der Waals surface area contributed by atoms with Crippen LogP contribution in [-0.2, 0) is 0 Å². The van der Waals surface area contributed by atoms with Crippen molar-refractivity contribution in [3.8, 4) is 56.0 Å². The highest BCUT2D eigenvalue weighted by Crippen LogP contribution is 2.36. The van der Waals surface area contributed by atoms with Gasteiger partial charge in [-0.2, -0.15) is 0 Å². The molecule has 0 radical (unpaired) electrons. The second-order valence-electron chi connectivity index (χ2n) is 9.93. The Balaban J connectivity index is 1.45. The zero-order valence-electron chi connectivity index (χ0n) is 21.9. The molecule has 2 heteroatoms. The van der Waals surface area contributed by atoms with Crippen LogP contribution in [-0.4, -0.2) is 9.97 Å². The molecule has 0 saturated carbocycles. The van der Waals surface area contributed by atoms with E-state index < -0.39 is 0 Å². The molecule has 7 rings (SSSR count). The van der Waals surface area contributed by atoms with Gasteiger partial charge >= 0.3 is 0 Å². The molecule has 5 aromatic carbocycles. The van der Waals surface area contributed by atoms with Crippen molar-refractivity contribution in [3.05, 3.63) is 158 Å². The van der Waals surface area contributed by atoms with Gasteiger partial charge < -0.3 is 0 Å². The van der Waals surface area contributed by atoms with Crippen molar-refractivity contribution < 1.29 is 0 Å². The average Bonchev–Trinajstić information content (AvgIpc) is 3.05. The fraction of sp³-hybridized carbons (Fsp3) is 0. The monoisotopic (exact) mass is 510 g/mol. The smallest absolute Gasteiger partial charge is 0.0715 e. The highest BCUT2D eigenvalue weighted by atomic mass is 14.7. The standard InChI is InChI=1S/C38H26N2/c1-3-12-28(13-4-1)37-25-34(26-38(40-37)29-14-5-2-6-15-29)33-22-32(23-35(24-33)36-17-9-10-20-39-36)31-19-18-27-11-7-8-16-30(27)21-31/h1-26H. The van der Waals surface area contributed by atoms with Crippen LogP contribution in [0.4, 0.5) is 0 Å².